The number of aromatic nitrogens is 4. The molecule has 0 atom stereocenters. The lowest BCUT2D eigenvalue weighted by atomic mass is 10.2. The van der Waals surface area contributed by atoms with Crippen molar-refractivity contribution in [1.29, 1.82) is 0 Å². The molecule has 0 aliphatic heterocycles. The highest BCUT2D eigenvalue weighted by Crippen LogP contribution is 2.25. The van der Waals surface area contributed by atoms with E-state index in [0.717, 1.165) is 36.4 Å². The van der Waals surface area contributed by atoms with Crippen LogP contribution in [-0.2, 0) is 24.3 Å². The number of carbonyl (C=O) groups excluding carboxylic acids is 1. The molecule has 0 bridgehead atoms. The topological polar surface area (TPSA) is 97.7 Å². The maximum absolute atomic E-state index is 13.4. The molecular weight excluding hydrogens is 516 g/mol. The zero-order valence-electron chi connectivity index (χ0n) is 23.2. The molecule has 1 aliphatic carbocycles. The normalized spacial score (nSPS) is 14.0. The fraction of sp³-hybridized carbons (Fsp3) is 0.375. The van der Waals surface area contributed by atoms with E-state index in [-0.39, 0.29) is 11.5 Å². The first-order chi connectivity index (χ1) is 20.2. The van der Waals surface area contributed by atoms with E-state index in [1.54, 1.807) is 10.8 Å². The molecule has 2 aromatic carbocycles. The zero-order chi connectivity index (χ0) is 28.0. The number of nitrogens with zero attached hydrogens (tertiary/aromatic N) is 5. The molecule has 1 aliphatic rings. The first-order valence-corrected chi connectivity index (χ1v) is 14.6. The van der Waals surface area contributed by atoms with E-state index in [9.17, 15) is 9.59 Å². The van der Waals surface area contributed by atoms with Crippen LogP contribution < -0.4 is 10.9 Å². The lowest BCUT2D eigenvalue weighted by Gasteiger charge is -2.28. The van der Waals surface area contributed by atoms with Crippen molar-refractivity contribution in [1.82, 2.24) is 29.4 Å². The van der Waals surface area contributed by atoms with Crippen LogP contribution in [-0.4, -0.2) is 49.1 Å². The van der Waals surface area contributed by atoms with E-state index in [0.29, 0.717) is 49.0 Å². The van der Waals surface area contributed by atoms with Crippen LogP contribution in [0.15, 0.2) is 82.2 Å². The van der Waals surface area contributed by atoms with Crippen LogP contribution in [0, 0.1) is 0 Å². The first kappa shape index (κ1) is 27.0. The van der Waals surface area contributed by atoms with Crippen LogP contribution in [0.2, 0.25) is 0 Å². The van der Waals surface area contributed by atoms with E-state index in [4.69, 9.17) is 4.42 Å². The lowest BCUT2D eigenvalue weighted by Crippen LogP contribution is -2.35. The van der Waals surface area contributed by atoms with Gasteiger partial charge in [-0.15, -0.1) is 10.2 Å². The molecule has 5 aromatic rings. The summed E-state index contributed by atoms with van der Waals surface area (Å²) >= 11 is 0. The van der Waals surface area contributed by atoms with Crippen LogP contribution >= 0.6 is 0 Å². The van der Waals surface area contributed by atoms with Gasteiger partial charge >= 0.3 is 0 Å². The van der Waals surface area contributed by atoms with Crippen LogP contribution in [0.4, 0.5) is 0 Å². The number of para-hydroxylation sites is 1. The largest absolute Gasteiger partial charge is 0.468 e. The number of nitrogens with one attached hydrogen (secondary N) is 1. The highest BCUT2D eigenvalue weighted by atomic mass is 16.3. The van der Waals surface area contributed by atoms with Gasteiger partial charge in [0.2, 0.25) is 11.7 Å². The summed E-state index contributed by atoms with van der Waals surface area (Å²) in [7, 11) is 0. The Morgan fingerprint density at radius 3 is 2.61 bits per heavy atom. The summed E-state index contributed by atoms with van der Waals surface area (Å²) in [5, 5.41) is 12.5. The van der Waals surface area contributed by atoms with Crippen LogP contribution in [0.3, 0.4) is 0 Å². The van der Waals surface area contributed by atoms with Gasteiger partial charge in [0.1, 0.15) is 11.6 Å². The van der Waals surface area contributed by atoms with Gasteiger partial charge in [-0.25, -0.2) is 0 Å². The third-order valence-electron chi connectivity index (χ3n) is 8.06. The molecule has 1 amide bonds. The molecule has 3 heterocycles. The van der Waals surface area contributed by atoms with E-state index in [1.165, 1.54) is 25.7 Å². The van der Waals surface area contributed by atoms with E-state index in [2.05, 4.69) is 20.4 Å². The van der Waals surface area contributed by atoms with Crippen molar-refractivity contribution in [2.75, 3.05) is 13.1 Å². The Morgan fingerprint density at radius 2 is 1.80 bits per heavy atom. The van der Waals surface area contributed by atoms with Gasteiger partial charge in [0.15, 0.2) is 0 Å². The summed E-state index contributed by atoms with van der Waals surface area (Å²) in [5.41, 5.74) is 1.65. The standard InChI is InChI=1S/C32H36N6O3/c39-30(33-19-9-20-36(25-12-4-5-13-25)23-26-14-8-21-41-26)18-17-29-34-35-32-37(22-24-10-2-1-3-11-24)31(40)27-15-6-7-16-28(27)38(29)32/h1-3,6-8,10-11,14-16,21,25H,4-5,9,12-13,17-20,22-23H2,(H,33,39). The molecule has 0 unspecified atom stereocenters. The number of amides is 1. The molecule has 1 fully saturated rings. The molecule has 0 radical (unpaired) electrons. The van der Waals surface area contributed by atoms with Gasteiger partial charge in [-0.1, -0.05) is 55.3 Å². The maximum Gasteiger partial charge on any atom is 0.263 e. The van der Waals surface area contributed by atoms with Crippen molar-refractivity contribution in [2.24, 2.45) is 0 Å². The minimum absolute atomic E-state index is 0.0119. The van der Waals surface area contributed by atoms with Gasteiger partial charge in [-0.2, -0.15) is 0 Å². The van der Waals surface area contributed by atoms with Crippen molar-refractivity contribution in [3.05, 3.63) is 100 Å². The number of hydrogen-bond acceptors (Lipinski definition) is 6. The molecule has 0 saturated heterocycles. The van der Waals surface area contributed by atoms with Crippen LogP contribution in [0.1, 0.15) is 55.7 Å². The average molecular weight is 553 g/mol. The Labute approximate surface area is 238 Å². The van der Waals surface area contributed by atoms with E-state index in [1.807, 2.05) is 71.1 Å². The van der Waals surface area contributed by atoms with E-state index < -0.39 is 0 Å². The Bertz CT molecular complexity index is 1650. The summed E-state index contributed by atoms with van der Waals surface area (Å²) in [6, 6.07) is 21.9. The number of furan rings is 1. The molecule has 3 aromatic heterocycles. The number of fused-ring (bicyclic) bond motifs is 3. The molecule has 1 N–H and O–H groups in total. The third-order valence-corrected chi connectivity index (χ3v) is 8.06. The summed E-state index contributed by atoms with van der Waals surface area (Å²) < 4.78 is 9.17. The van der Waals surface area contributed by atoms with Crippen LogP contribution in [0.5, 0.6) is 0 Å². The fourth-order valence-corrected chi connectivity index (χ4v) is 5.97. The van der Waals surface area contributed by atoms with Gasteiger partial charge in [-0.3, -0.25) is 23.5 Å². The number of hydrogen-bond donors (Lipinski definition) is 1. The molecule has 9 heteroatoms. The Hall–Kier alpha value is -4.24. The highest BCUT2D eigenvalue weighted by Gasteiger charge is 2.23. The second-order valence-electron chi connectivity index (χ2n) is 10.8. The lowest BCUT2D eigenvalue weighted by molar-refractivity contribution is -0.121. The smallest absolute Gasteiger partial charge is 0.263 e. The number of benzene rings is 2. The molecule has 41 heavy (non-hydrogen) atoms. The second-order valence-corrected chi connectivity index (χ2v) is 10.8. The SMILES string of the molecule is O=C(CCc1nnc2n(Cc3ccccc3)c(=O)c3ccccc3n12)NCCCN(Cc1ccco1)C1CCCC1. The highest BCUT2D eigenvalue weighted by molar-refractivity contribution is 5.80. The Morgan fingerprint density at radius 1 is 1.00 bits per heavy atom. The van der Waals surface area contributed by atoms with E-state index >= 15 is 0 Å². The summed E-state index contributed by atoms with van der Waals surface area (Å²) in [6.07, 6.45) is 8.36. The predicted molar refractivity (Wildman–Crippen MR) is 158 cm³/mol. The quantitative estimate of drug-likeness (QED) is 0.228. The van der Waals surface area contributed by atoms with Crippen molar-refractivity contribution >= 4 is 22.6 Å². The molecular formula is C32H36N6O3. The van der Waals surface area contributed by atoms with Gasteiger partial charge < -0.3 is 9.73 Å². The molecule has 1 saturated carbocycles. The minimum atomic E-state index is -0.104. The van der Waals surface area contributed by atoms with Gasteiger partial charge in [-0.05, 0) is 49.1 Å². The number of rotatable bonds is 12. The minimum Gasteiger partial charge on any atom is -0.468 e. The Balaban J connectivity index is 1.10. The number of carbonyl (C=O) groups is 1. The monoisotopic (exact) mass is 552 g/mol. The predicted octanol–water partition coefficient (Wildman–Crippen LogP) is 4.57. The molecule has 9 nitrogen and oxygen atoms in total. The average Bonchev–Trinajstić information content (AvgIpc) is 3.79. The van der Waals surface area contributed by atoms with Crippen LogP contribution in [0.25, 0.3) is 16.7 Å². The summed E-state index contributed by atoms with van der Waals surface area (Å²) in [6.45, 7) is 2.75. The maximum atomic E-state index is 13.4. The van der Waals surface area contributed by atoms with Crippen molar-refractivity contribution in [3.63, 3.8) is 0 Å². The van der Waals surface area contributed by atoms with Gasteiger partial charge in [0.05, 0.1) is 30.3 Å². The van der Waals surface area contributed by atoms with Crippen molar-refractivity contribution in [3.8, 4) is 0 Å². The van der Waals surface area contributed by atoms with Gasteiger partial charge in [0.25, 0.3) is 5.56 Å². The molecule has 0 spiro atoms. The fourth-order valence-electron chi connectivity index (χ4n) is 5.97. The zero-order valence-corrected chi connectivity index (χ0v) is 23.2. The molecule has 212 valence electrons. The second kappa shape index (κ2) is 12.5. The first-order valence-electron chi connectivity index (χ1n) is 14.6. The summed E-state index contributed by atoms with van der Waals surface area (Å²) in [5.74, 6) is 2.13. The molecule has 6 rings (SSSR count). The Kier molecular flexibility index (Phi) is 8.23. The van der Waals surface area contributed by atoms with Crippen molar-refractivity contribution in [2.45, 2.75) is 64.1 Å². The summed E-state index contributed by atoms with van der Waals surface area (Å²) in [4.78, 5) is 28.7. The van der Waals surface area contributed by atoms with Gasteiger partial charge in [0, 0.05) is 32.0 Å². The third kappa shape index (κ3) is 6.10. The number of aryl methyl sites for hydroxylation is 1. The van der Waals surface area contributed by atoms with Crippen molar-refractivity contribution < 1.29 is 9.21 Å².